The summed E-state index contributed by atoms with van der Waals surface area (Å²) in [5.74, 6) is 0. The van der Waals surface area contributed by atoms with Crippen molar-refractivity contribution in [1.82, 2.24) is 52.7 Å². The van der Waals surface area contributed by atoms with Crippen LogP contribution in [0, 0.1) is 0 Å². The molecule has 29 rings (SSSR count). The Balaban J connectivity index is 0.000000105. The van der Waals surface area contributed by atoms with Gasteiger partial charge in [0.25, 0.3) is 0 Å². The van der Waals surface area contributed by atoms with E-state index in [2.05, 4.69) is 411 Å². The number of aromatic nitrogens is 11. The van der Waals surface area contributed by atoms with Gasteiger partial charge in [0, 0.05) is 86.3 Å². The van der Waals surface area contributed by atoms with Crippen LogP contribution in [0.25, 0.3) is 258 Å². The molecule has 9 aromatic heterocycles. The highest BCUT2D eigenvalue weighted by molar-refractivity contribution is 7.25. The van der Waals surface area contributed by atoms with Gasteiger partial charge in [0.15, 0.2) is 16.9 Å². The van der Waals surface area contributed by atoms with E-state index in [0.29, 0.717) is 0 Å². The lowest BCUT2D eigenvalue weighted by molar-refractivity contribution is 1.14. The summed E-state index contributed by atoms with van der Waals surface area (Å²) in [5.41, 5.74) is 38.6. The molecule has 11 nitrogen and oxygen atoms in total. The molecule has 138 heavy (non-hydrogen) atoms. The van der Waals surface area contributed by atoms with Gasteiger partial charge in [-0.2, -0.15) is 0 Å². The molecule has 0 amide bonds. The topological polar surface area (TPSA) is 102 Å². The van der Waals surface area contributed by atoms with Gasteiger partial charge in [0.2, 0.25) is 0 Å². The van der Waals surface area contributed by atoms with Crippen molar-refractivity contribution in [2.45, 2.75) is 0 Å². The molecule has 0 aliphatic carbocycles. The fraction of sp³-hybridized carbons (Fsp3) is 0. The molecule has 0 radical (unpaired) electrons. The van der Waals surface area contributed by atoms with Crippen LogP contribution in [0.4, 0.5) is 0 Å². The van der Waals surface area contributed by atoms with E-state index in [9.17, 15) is 0 Å². The van der Waals surface area contributed by atoms with Crippen LogP contribution >= 0.6 is 11.3 Å². The molecule has 0 fully saturated rings. The van der Waals surface area contributed by atoms with E-state index in [1.807, 2.05) is 102 Å². The molecule has 0 aliphatic rings. The molecule has 0 atom stereocenters. The number of hydrogen-bond donors (Lipinski definition) is 0. The predicted octanol–water partition coefficient (Wildman–Crippen LogP) is 32.7. The lowest BCUT2D eigenvalue weighted by Crippen LogP contribution is -1.96. The highest BCUT2D eigenvalue weighted by Crippen LogP contribution is 2.45. The lowest BCUT2D eigenvalue weighted by Gasteiger charge is -2.10. The molecule has 0 aliphatic heterocycles. The lowest BCUT2D eigenvalue weighted by atomic mass is 9.97. The molecular formula is C126H79N11S. The monoisotopic (exact) mass is 1780 g/mol. The Morgan fingerprint density at radius 1 is 0.138 bits per heavy atom. The standard InChI is InChI=1S/2C44H28N4.C38H23N3S/c1-3-14-33(15-4-1)47-40-21-10-7-18-35(40)36-27-31(22-24-41(36)47)29-12-11-13-30(26-29)32-23-25-42-37(28-32)43-44(48(42)34-16-5-2-6-17-34)46-39-20-9-8-19-38(39)45-43;1-3-11-33(12-4-1)47-40-18-10-7-15-35(40)36-27-31(23-25-41(36)47)29-19-21-30(22-20-29)32-24-26-42-37(28-32)43-44(48(42)34-13-5-2-6-14-34)46-39-17-9-8-16-38(39)45-43;1-2-8-28(9-3-1)41-34-20-18-26(23-31(34)37-38(41)40-33-12-6-5-11-32(33)39-37)24-14-16-25(17-15-24)27-19-21-36-30(22-27)29-10-4-7-13-35(29)42-36/h2*1-28H;1-23H. The summed E-state index contributed by atoms with van der Waals surface area (Å²) in [4.78, 5) is 30.7. The second kappa shape index (κ2) is 32.8. The number of thiophene rings is 1. The maximum absolute atomic E-state index is 5.14. The zero-order valence-corrected chi connectivity index (χ0v) is 75.3. The van der Waals surface area contributed by atoms with Crippen molar-refractivity contribution in [3.63, 3.8) is 0 Å². The summed E-state index contributed by atoms with van der Waals surface area (Å²) >= 11 is 1.86. The minimum absolute atomic E-state index is 0.865. The summed E-state index contributed by atoms with van der Waals surface area (Å²) < 4.78 is 14.1. The van der Waals surface area contributed by atoms with E-state index >= 15 is 0 Å². The number of benzene rings is 20. The Kier molecular flexibility index (Phi) is 18.9. The molecule has 644 valence electrons. The first-order chi connectivity index (χ1) is 68.4. The molecule has 0 bridgehead atoms. The summed E-state index contributed by atoms with van der Waals surface area (Å²) in [6, 6.07) is 170. The molecule has 0 saturated heterocycles. The third kappa shape index (κ3) is 13.6. The van der Waals surface area contributed by atoms with Gasteiger partial charge in [0.05, 0.1) is 71.7 Å². The maximum Gasteiger partial charge on any atom is 0.165 e. The fourth-order valence-electron chi connectivity index (χ4n) is 20.6. The number of rotatable bonds is 11. The first-order valence-electron chi connectivity index (χ1n) is 46.6. The van der Waals surface area contributed by atoms with Crippen molar-refractivity contribution >= 4 is 174 Å². The van der Waals surface area contributed by atoms with Crippen molar-refractivity contribution in [2.24, 2.45) is 0 Å². The first-order valence-corrected chi connectivity index (χ1v) is 47.4. The Labute approximate surface area is 795 Å². The maximum atomic E-state index is 5.14. The minimum Gasteiger partial charge on any atom is -0.309 e. The normalized spacial score (nSPS) is 11.8. The van der Waals surface area contributed by atoms with Crippen LogP contribution in [0.15, 0.2) is 479 Å². The van der Waals surface area contributed by atoms with Crippen LogP contribution in [-0.2, 0) is 0 Å². The molecule has 0 N–H and O–H groups in total. The Morgan fingerprint density at radius 2 is 0.370 bits per heavy atom. The van der Waals surface area contributed by atoms with E-state index in [0.717, 1.165) is 144 Å². The molecule has 29 aromatic rings. The van der Waals surface area contributed by atoms with Gasteiger partial charge < -0.3 is 9.13 Å². The second-order valence-electron chi connectivity index (χ2n) is 35.2. The molecule has 0 spiro atoms. The van der Waals surface area contributed by atoms with Crippen LogP contribution in [0.5, 0.6) is 0 Å². The zero-order valence-electron chi connectivity index (χ0n) is 74.4. The van der Waals surface area contributed by atoms with Gasteiger partial charge in [-0.15, -0.1) is 11.3 Å². The molecular weight excluding hydrogens is 1700 g/mol. The average Bonchev–Trinajstić information content (AvgIpc) is 1.67. The quantitative estimate of drug-likeness (QED) is 0.128. The SMILES string of the molecule is c1ccc(-n2c3ccc(-c4ccc(-c5ccc6sc7ccccc7c6c5)cc4)cc3c3nc4ccccc4nc32)cc1.c1ccc(-n2c3ccccc3c3cc(-c4ccc(-c5ccc6c(c5)c5nc7ccccc7nc5n6-c5ccccc5)cc4)ccc32)cc1.c1ccc(-n2c3ccccc3c3cc(-c4cccc(-c5ccc6c(c5)c5nc7ccccc7nc5n6-c5ccccc5)c4)ccc32)cc1. The van der Waals surface area contributed by atoms with Crippen molar-refractivity contribution in [3.8, 4) is 95.2 Å². The van der Waals surface area contributed by atoms with Crippen LogP contribution < -0.4 is 0 Å². The number of hydrogen-bond acceptors (Lipinski definition) is 7. The van der Waals surface area contributed by atoms with Crippen molar-refractivity contribution in [2.75, 3.05) is 0 Å². The molecule has 0 saturated carbocycles. The van der Waals surface area contributed by atoms with Crippen LogP contribution in [-0.4, -0.2) is 52.7 Å². The smallest absolute Gasteiger partial charge is 0.165 e. The predicted molar refractivity (Wildman–Crippen MR) is 576 cm³/mol. The fourth-order valence-corrected chi connectivity index (χ4v) is 21.7. The summed E-state index contributed by atoms with van der Waals surface area (Å²) in [7, 11) is 0. The van der Waals surface area contributed by atoms with Gasteiger partial charge in [-0.3, -0.25) is 13.7 Å². The average molecular weight is 1780 g/mol. The number of para-hydroxylation sites is 13. The Bertz CT molecular complexity index is 9890. The van der Waals surface area contributed by atoms with Gasteiger partial charge in [-0.05, 0) is 261 Å². The number of nitrogens with zero attached hydrogens (tertiary/aromatic N) is 11. The van der Waals surface area contributed by atoms with Crippen LogP contribution in [0.2, 0.25) is 0 Å². The molecule has 9 heterocycles. The highest BCUT2D eigenvalue weighted by atomic mass is 32.1. The van der Waals surface area contributed by atoms with E-state index < -0.39 is 0 Å². The van der Waals surface area contributed by atoms with E-state index in [1.54, 1.807) is 0 Å². The van der Waals surface area contributed by atoms with E-state index in [1.165, 1.54) is 114 Å². The van der Waals surface area contributed by atoms with Crippen molar-refractivity contribution in [3.05, 3.63) is 479 Å². The zero-order chi connectivity index (χ0) is 90.8. The third-order valence-electron chi connectivity index (χ3n) is 27.2. The largest absolute Gasteiger partial charge is 0.309 e. The first kappa shape index (κ1) is 79.4. The second-order valence-corrected chi connectivity index (χ2v) is 36.3. The highest BCUT2D eigenvalue weighted by Gasteiger charge is 2.24. The van der Waals surface area contributed by atoms with E-state index in [4.69, 9.17) is 29.9 Å². The third-order valence-corrected chi connectivity index (χ3v) is 28.3. The van der Waals surface area contributed by atoms with Gasteiger partial charge in [-0.1, -0.05) is 285 Å². The van der Waals surface area contributed by atoms with Gasteiger partial charge >= 0.3 is 0 Å². The van der Waals surface area contributed by atoms with Gasteiger partial charge in [0.1, 0.15) is 16.6 Å². The minimum atomic E-state index is 0.865. The number of fused-ring (bicyclic) bond motifs is 21. The summed E-state index contributed by atoms with van der Waals surface area (Å²) in [6.07, 6.45) is 0. The van der Waals surface area contributed by atoms with Crippen molar-refractivity contribution in [1.29, 1.82) is 0 Å². The Morgan fingerprint density at radius 3 is 0.717 bits per heavy atom. The van der Waals surface area contributed by atoms with Crippen molar-refractivity contribution < 1.29 is 0 Å². The molecule has 0 unspecified atom stereocenters. The van der Waals surface area contributed by atoms with E-state index in [-0.39, 0.29) is 0 Å². The summed E-state index contributed by atoms with van der Waals surface area (Å²) in [6.45, 7) is 0. The summed E-state index contributed by atoms with van der Waals surface area (Å²) in [5, 5.41) is 10.9. The molecule has 12 heteroatoms. The van der Waals surface area contributed by atoms with Gasteiger partial charge in [-0.25, -0.2) is 29.9 Å². The van der Waals surface area contributed by atoms with Crippen LogP contribution in [0.1, 0.15) is 0 Å². The van der Waals surface area contributed by atoms with Crippen LogP contribution in [0.3, 0.4) is 0 Å². The molecule has 20 aromatic carbocycles. The Hall–Kier alpha value is -18.4.